The minimum Gasteiger partial charge on any atom is -0.480 e. The number of aliphatic carboxylic acids is 1. The van der Waals surface area contributed by atoms with Gasteiger partial charge in [0, 0.05) is 13.6 Å². The van der Waals surface area contributed by atoms with Gasteiger partial charge in [0.05, 0.1) is 0 Å². The summed E-state index contributed by atoms with van der Waals surface area (Å²) < 4.78 is 0. The fraction of sp³-hybridized carbons (Fsp3) is 0.818. The zero-order valence-electron chi connectivity index (χ0n) is 10.3. The number of nitrogens with zero attached hydrogens (tertiary/aromatic N) is 1. The third kappa shape index (κ3) is 2.65. The van der Waals surface area contributed by atoms with Crippen molar-refractivity contribution in [3.63, 3.8) is 0 Å². The highest BCUT2D eigenvalue weighted by Crippen LogP contribution is 2.44. The molecule has 0 aromatic carbocycles. The van der Waals surface area contributed by atoms with Crippen LogP contribution in [0.2, 0.25) is 0 Å². The Labute approximate surface area is 95.8 Å². The van der Waals surface area contributed by atoms with Crippen LogP contribution in [-0.4, -0.2) is 41.1 Å². The summed E-state index contributed by atoms with van der Waals surface area (Å²) in [5.74, 6) is -1.01. The first-order valence-electron chi connectivity index (χ1n) is 5.44. The molecule has 5 nitrogen and oxygen atoms in total. The van der Waals surface area contributed by atoms with Crippen molar-refractivity contribution in [3.8, 4) is 0 Å². The first-order chi connectivity index (χ1) is 7.19. The molecule has 0 spiro atoms. The summed E-state index contributed by atoms with van der Waals surface area (Å²) in [6.07, 6.45) is 2.25. The van der Waals surface area contributed by atoms with Crippen molar-refractivity contribution in [2.45, 2.75) is 39.2 Å². The van der Waals surface area contributed by atoms with Gasteiger partial charge in [-0.05, 0) is 32.1 Å². The molecule has 0 atom stereocenters. The number of hydrogen-bond donors (Lipinski definition) is 2. The van der Waals surface area contributed by atoms with Crippen molar-refractivity contribution in [2.75, 3.05) is 13.6 Å². The minimum absolute atomic E-state index is 0.226. The summed E-state index contributed by atoms with van der Waals surface area (Å²) in [5.41, 5.74) is -0.960. The quantitative estimate of drug-likeness (QED) is 0.761. The van der Waals surface area contributed by atoms with E-state index in [1.807, 2.05) is 0 Å². The summed E-state index contributed by atoms with van der Waals surface area (Å²) in [6.45, 7) is 5.74. The van der Waals surface area contributed by atoms with Gasteiger partial charge in [-0.15, -0.1) is 0 Å². The van der Waals surface area contributed by atoms with Crippen LogP contribution in [0, 0.1) is 5.41 Å². The fourth-order valence-corrected chi connectivity index (χ4v) is 1.20. The Balaban J connectivity index is 2.50. The minimum atomic E-state index is -1.19. The van der Waals surface area contributed by atoms with E-state index in [0.29, 0.717) is 6.54 Å². The van der Waals surface area contributed by atoms with E-state index in [9.17, 15) is 9.59 Å². The molecule has 92 valence electrons. The number of carboxylic acids is 1. The predicted molar refractivity (Wildman–Crippen MR) is 60.2 cm³/mol. The lowest BCUT2D eigenvalue weighted by Gasteiger charge is -2.31. The molecule has 0 unspecified atom stereocenters. The number of nitrogens with one attached hydrogen (secondary N) is 1. The number of carbonyl (C=O) groups excluding carboxylic acids is 1. The van der Waals surface area contributed by atoms with E-state index in [4.69, 9.17) is 5.11 Å². The van der Waals surface area contributed by atoms with E-state index in [1.165, 1.54) is 25.8 Å². The summed E-state index contributed by atoms with van der Waals surface area (Å²) in [5, 5.41) is 11.7. The van der Waals surface area contributed by atoms with Gasteiger partial charge in [0.15, 0.2) is 0 Å². The maximum atomic E-state index is 11.7. The van der Waals surface area contributed by atoms with Crippen LogP contribution in [0.15, 0.2) is 0 Å². The molecule has 2 N–H and O–H groups in total. The standard InChI is InChI=1S/C11H20N2O3/c1-10(2,8(14)15)13(4)9(16)12-7-11(3)5-6-11/h5-7H2,1-4H3,(H,12,16)(H,14,15). The maximum absolute atomic E-state index is 11.7. The molecule has 0 aromatic heterocycles. The van der Waals surface area contributed by atoms with Crippen LogP contribution < -0.4 is 5.32 Å². The van der Waals surface area contributed by atoms with E-state index >= 15 is 0 Å². The van der Waals surface area contributed by atoms with Gasteiger partial charge in [-0.1, -0.05) is 6.92 Å². The highest BCUT2D eigenvalue weighted by molar-refractivity contribution is 5.85. The van der Waals surface area contributed by atoms with Crippen LogP contribution in [0.1, 0.15) is 33.6 Å². The van der Waals surface area contributed by atoms with Gasteiger partial charge in [-0.25, -0.2) is 9.59 Å². The lowest BCUT2D eigenvalue weighted by molar-refractivity contribution is -0.146. The molecule has 0 heterocycles. The second-order valence-corrected chi connectivity index (χ2v) is 5.39. The molecule has 0 radical (unpaired) electrons. The normalized spacial score (nSPS) is 17.8. The molecular formula is C11H20N2O3. The molecule has 5 heteroatoms. The van der Waals surface area contributed by atoms with Crippen molar-refractivity contribution in [3.05, 3.63) is 0 Å². The molecule has 1 saturated carbocycles. The van der Waals surface area contributed by atoms with E-state index < -0.39 is 11.5 Å². The van der Waals surface area contributed by atoms with Crippen LogP contribution in [0.4, 0.5) is 4.79 Å². The Morgan fingerprint density at radius 3 is 2.31 bits per heavy atom. The Kier molecular flexibility index (Phi) is 3.17. The van der Waals surface area contributed by atoms with Crippen molar-refractivity contribution < 1.29 is 14.7 Å². The van der Waals surface area contributed by atoms with E-state index in [1.54, 1.807) is 0 Å². The number of carboxylic acid groups (broad SMARTS) is 1. The lowest BCUT2D eigenvalue weighted by atomic mass is 10.0. The van der Waals surface area contributed by atoms with Gasteiger partial charge in [0.2, 0.25) is 0 Å². The third-order valence-electron chi connectivity index (χ3n) is 3.44. The predicted octanol–water partition coefficient (Wildman–Crippen LogP) is 1.29. The van der Waals surface area contributed by atoms with Crippen LogP contribution in [0.5, 0.6) is 0 Å². The second-order valence-electron chi connectivity index (χ2n) is 5.39. The number of carbonyl (C=O) groups is 2. The summed E-state index contributed by atoms with van der Waals surface area (Å²) in [4.78, 5) is 23.9. The Morgan fingerprint density at radius 1 is 1.44 bits per heavy atom. The molecule has 16 heavy (non-hydrogen) atoms. The number of amides is 2. The van der Waals surface area contributed by atoms with Gasteiger partial charge >= 0.3 is 12.0 Å². The monoisotopic (exact) mass is 228 g/mol. The highest BCUT2D eigenvalue weighted by Gasteiger charge is 2.39. The summed E-state index contributed by atoms with van der Waals surface area (Å²) >= 11 is 0. The average Bonchev–Trinajstić information content (AvgIpc) is 2.92. The maximum Gasteiger partial charge on any atom is 0.329 e. The van der Waals surface area contributed by atoms with Crippen molar-refractivity contribution >= 4 is 12.0 Å². The lowest BCUT2D eigenvalue weighted by Crippen LogP contribution is -2.54. The molecule has 1 rings (SSSR count). The molecule has 0 bridgehead atoms. The zero-order valence-corrected chi connectivity index (χ0v) is 10.3. The number of urea groups is 1. The van der Waals surface area contributed by atoms with E-state index in [-0.39, 0.29) is 11.4 Å². The van der Waals surface area contributed by atoms with Gasteiger partial charge in [-0.3, -0.25) is 0 Å². The highest BCUT2D eigenvalue weighted by atomic mass is 16.4. The number of hydrogen-bond acceptors (Lipinski definition) is 2. The Morgan fingerprint density at radius 2 is 1.94 bits per heavy atom. The Bertz CT molecular complexity index is 308. The molecule has 0 aliphatic heterocycles. The van der Waals surface area contributed by atoms with Crippen molar-refractivity contribution in [1.29, 1.82) is 0 Å². The van der Waals surface area contributed by atoms with Crippen molar-refractivity contribution in [2.24, 2.45) is 5.41 Å². The molecule has 2 amide bonds. The van der Waals surface area contributed by atoms with Crippen molar-refractivity contribution in [1.82, 2.24) is 10.2 Å². The number of likely N-dealkylation sites (N-methyl/N-ethyl adjacent to an activating group) is 1. The van der Waals surface area contributed by atoms with E-state index in [2.05, 4.69) is 12.2 Å². The fourth-order valence-electron chi connectivity index (χ4n) is 1.20. The molecule has 1 fully saturated rings. The second kappa shape index (κ2) is 3.96. The molecule has 0 aromatic rings. The summed E-state index contributed by atoms with van der Waals surface area (Å²) in [7, 11) is 1.50. The third-order valence-corrected chi connectivity index (χ3v) is 3.44. The van der Waals surface area contributed by atoms with Crippen LogP contribution in [0.25, 0.3) is 0 Å². The Hall–Kier alpha value is -1.26. The van der Waals surface area contributed by atoms with Gasteiger partial charge in [-0.2, -0.15) is 0 Å². The van der Waals surface area contributed by atoms with Gasteiger partial charge in [0.25, 0.3) is 0 Å². The average molecular weight is 228 g/mol. The van der Waals surface area contributed by atoms with E-state index in [0.717, 1.165) is 12.8 Å². The summed E-state index contributed by atoms with van der Waals surface area (Å²) in [6, 6.07) is -0.333. The number of rotatable bonds is 4. The van der Waals surface area contributed by atoms with Crippen LogP contribution >= 0.6 is 0 Å². The van der Waals surface area contributed by atoms with Crippen LogP contribution in [0.3, 0.4) is 0 Å². The SMILES string of the molecule is CN(C(=O)NCC1(C)CC1)C(C)(C)C(=O)O. The zero-order chi connectivity index (χ0) is 12.6. The largest absolute Gasteiger partial charge is 0.480 e. The first-order valence-corrected chi connectivity index (χ1v) is 5.44. The van der Waals surface area contributed by atoms with Crippen LogP contribution in [-0.2, 0) is 4.79 Å². The first kappa shape index (κ1) is 12.8. The van der Waals surface area contributed by atoms with Gasteiger partial charge < -0.3 is 15.3 Å². The molecular weight excluding hydrogens is 208 g/mol. The molecule has 1 aliphatic rings. The smallest absolute Gasteiger partial charge is 0.329 e. The van der Waals surface area contributed by atoms with Gasteiger partial charge in [0.1, 0.15) is 5.54 Å². The molecule has 0 saturated heterocycles. The topological polar surface area (TPSA) is 69.6 Å². The molecule has 1 aliphatic carbocycles.